The Balaban J connectivity index is 1.37. The number of hydrogen-bond acceptors (Lipinski definition) is 5. The maximum atomic E-state index is 5.33. The van der Waals surface area contributed by atoms with Crippen LogP contribution in [0, 0.1) is 0 Å². The normalized spacial score (nSPS) is 11.8. The van der Waals surface area contributed by atoms with E-state index in [4.69, 9.17) is 9.97 Å². The Labute approximate surface area is 302 Å². The summed E-state index contributed by atoms with van der Waals surface area (Å²) in [5.41, 5.74) is 7.08. The summed E-state index contributed by atoms with van der Waals surface area (Å²) in [4.78, 5) is 19.6. The fourth-order valence-electron chi connectivity index (χ4n) is 7.89. The predicted molar refractivity (Wildman–Crippen MR) is 216 cm³/mol. The number of aromatic nitrogens is 5. The molecule has 4 aromatic heterocycles. The second kappa shape index (κ2) is 11.4. The summed E-state index contributed by atoms with van der Waals surface area (Å²) in [6.07, 6.45) is 5.62. The van der Waals surface area contributed by atoms with Gasteiger partial charge >= 0.3 is 0 Å². The molecule has 0 saturated carbocycles. The van der Waals surface area contributed by atoms with E-state index >= 15 is 0 Å². The van der Waals surface area contributed by atoms with E-state index in [1.165, 1.54) is 52.5 Å². The number of hydrogen-bond donors (Lipinski definition) is 0. The van der Waals surface area contributed by atoms with Gasteiger partial charge in [-0.3, -0.25) is 0 Å². The van der Waals surface area contributed by atoms with Crippen molar-refractivity contribution < 1.29 is 0 Å². The number of thiophene rings is 1. The van der Waals surface area contributed by atoms with Crippen LogP contribution in [0.2, 0.25) is 0 Å². The number of fused-ring (bicyclic) bond motifs is 12. The molecule has 52 heavy (non-hydrogen) atoms. The zero-order chi connectivity index (χ0) is 34.2. The van der Waals surface area contributed by atoms with Crippen LogP contribution in [0.5, 0.6) is 0 Å². The molecule has 0 atom stereocenters. The van der Waals surface area contributed by atoms with Crippen molar-refractivity contribution >= 4 is 74.9 Å². The molecule has 0 spiro atoms. The number of nitrogens with zero attached hydrogens (tertiary/aromatic N) is 5. The molecule has 0 aliphatic rings. The summed E-state index contributed by atoms with van der Waals surface area (Å²) in [7, 11) is 0. The van der Waals surface area contributed by atoms with Gasteiger partial charge in [-0.2, -0.15) is 0 Å². The average molecular weight is 682 g/mol. The van der Waals surface area contributed by atoms with Gasteiger partial charge in [0.1, 0.15) is 0 Å². The highest BCUT2D eigenvalue weighted by molar-refractivity contribution is 7.27. The topological polar surface area (TPSA) is 56.5 Å². The monoisotopic (exact) mass is 681 g/mol. The lowest BCUT2D eigenvalue weighted by molar-refractivity contribution is 1.09. The molecule has 0 unspecified atom stereocenters. The Morgan fingerprint density at radius 1 is 0.481 bits per heavy atom. The Hall–Kier alpha value is -6.76. The van der Waals surface area contributed by atoms with Crippen LogP contribution in [-0.2, 0) is 0 Å². The maximum absolute atomic E-state index is 5.33. The maximum Gasteiger partial charge on any atom is 0.159 e. The molecule has 11 aromatic rings. The summed E-state index contributed by atoms with van der Waals surface area (Å²) in [6, 6.07) is 51.3. The Bertz CT molecular complexity index is 3170. The van der Waals surface area contributed by atoms with Gasteiger partial charge in [0.05, 0.1) is 28.6 Å². The molecule has 4 heterocycles. The van der Waals surface area contributed by atoms with Crippen molar-refractivity contribution in [2.75, 3.05) is 0 Å². The lowest BCUT2D eigenvalue weighted by Crippen LogP contribution is -2.03. The standard InChI is InChI=1S/C46H27N5S/c1-3-13-29(14-4-1)42-37(27-49-46(50-42)30-15-5-2-6-16-30)51-36-22-20-28-12-7-8-17-32(28)39(36)41-40-35-26-31(45-47-24-11-25-48-45)21-23-38(35)52-44(40)34-19-10-9-18-33(34)43(41)51/h1-27H. The van der Waals surface area contributed by atoms with Gasteiger partial charge in [-0.1, -0.05) is 115 Å². The molecule has 0 N–H and O–H groups in total. The zero-order valence-electron chi connectivity index (χ0n) is 27.7. The van der Waals surface area contributed by atoms with Gasteiger partial charge in [-0.25, -0.2) is 19.9 Å². The molecular formula is C46H27N5S. The summed E-state index contributed by atoms with van der Waals surface area (Å²) in [6.45, 7) is 0. The molecule has 0 amide bonds. The minimum Gasteiger partial charge on any atom is -0.305 e. The first-order valence-corrected chi connectivity index (χ1v) is 18.1. The summed E-state index contributed by atoms with van der Waals surface area (Å²) >= 11 is 1.85. The lowest BCUT2D eigenvalue weighted by Gasteiger charge is -2.15. The SMILES string of the molecule is c1ccc(-c2ncc(-n3c4ccc5ccccc5c4c4c5c6cc(-c7ncccn7)ccc6sc5c5ccccc5c43)c(-c3ccccc3)n2)cc1. The van der Waals surface area contributed by atoms with Crippen LogP contribution in [-0.4, -0.2) is 24.5 Å². The lowest BCUT2D eigenvalue weighted by atomic mass is 9.97. The van der Waals surface area contributed by atoms with Gasteiger partial charge in [-0.15, -0.1) is 11.3 Å². The van der Waals surface area contributed by atoms with E-state index in [2.05, 4.69) is 136 Å². The van der Waals surface area contributed by atoms with Crippen molar-refractivity contribution in [2.24, 2.45) is 0 Å². The highest BCUT2D eigenvalue weighted by Gasteiger charge is 2.25. The molecule has 7 aromatic carbocycles. The van der Waals surface area contributed by atoms with E-state index < -0.39 is 0 Å². The van der Waals surface area contributed by atoms with E-state index in [1.807, 2.05) is 41.8 Å². The van der Waals surface area contributed by atoms with E-state index in [-0.39, 0.29) is 0 Å². The Morgan fingerprint density at radius 3 is 2.00 bits per heavy atom. The number of rotatable bonds is 4. The van der Waals surface area contributed by atoms with Crippen LogP contribution in [0.1, 0.15) is 0 Å². The second-order valence-corrected chi connectivity index (χ2v) is 14.1. The largest absolute Gasteiger partial charge is 0.305 e. The van der Waals surface area contributed by atoms with Crippen LogP contribution in [0.25, 0.3) is 103 Å². The minimum absolute atomic E-state index is 0.696. The molecule has 0 bridgehead atoms. The third kappa shape index (κ3) is 4.28. The molecule has 5 nitrogen and oxygen atoms in total. The zero-order valence-corrected chi connectivity index (χ0v) is 28.5. The molecule has 0 saturated heterocycles. The van der Waals surface area contributed by atoms with Crippen molar-refractivity contribution in [1.82, 2.24) is 24.5 Å². The van der Waals surface area contributed by atoms with Crippen LogP contribution >= 0.6 is 11.3 Å². The van der Waals surface area contributed by atoms with E-state index in [9.17, 15) is 0 Å². The van der Waals surface area contributed by atoms with Crippen LogP contribution < -0.4 is 0 Å². The highest BCUT2D eigenvalue weighted by atomic mass is 32.1. The van der Waals surface area contributed by atoms with Crippen LogP contribution in [0.4, 0.5) is 0 Å². The first-order valence-electron chi connectivity index (χ1n) is 17.3. The molecule has 242 valence electrons. The van der Waals surface area contributed by atoms with Crippen molar-refractivity contribution in [3.05, 3.63) is 164 Å². The number of benzene rings is 7. The first kappa shape index (κ1) is 29.0. The van der Waals surface area contributed by atoms with Gasteiger partial charge in [0.15, 0.2) is 11.6 Å². The third-order valence-corrected chi connectivity index (χ3v) is 11.3. The van der Waals surface area contributed by atoms with Gasteiger partial charge < -0.3 is 4.57 Å². The van der Waals surface area contributed by atoms with Gasteiger partial charge in [-0.05, 0) is 41.1 Å². The quantitative estimate of drug-likeness (QED) is 0.185. The Morgan fingerprint density at radius 2 is 1.19 bits per heavy atom. The van der Waals surface area contributed by atoms with Crippen molar-refractivity contribution in [3.63, 3.8) is 0 Å². The van der Waals surface area contributed by atoms with Crippen LogP contribution in [0.15, 0.2) is 164 Å². The Kier molecular flexibility index (Phi) is 6.35. The fraction of sp³-hybridized carbons (Fsp3) is 0. The minimum atomic E-state index is 0.696. The molecule has 0 aliphatic carbocycles. The van der Waals surface area contributed by atoms with Crippen LogP contribution in [0.3, 0.4) is 0 Å². The van der Waals surface area contributed by atoms with Crippen molar-refractivity contribution in [2.45, 2.75) is 0 Å². The molecule has 0 radical (unpaired) electrons. The molecule has 0 fully saturated rings. The molecular weight excluding hydrogens is 655 g/mol. The van der Waals surface area contributed by atoms with E-state index in [0.717, 1.165) is 44.9 Å². The highest BCUT2D eigenvalue weighted by Crippen LogP contribution is 2.50. The molecule has 6 heteroatoms. The van der Waals surface area contributed by atoms with Crippen molar-refractivity contribution in [3.8, 4) is 39.7 Å². The van der Waals surface area contributed by atoms with Gasteiger partial charge in [0, 0.05) is 70.8 Å². The van der Waals surface area contributed by atoms with E-state index in [0.29, 0.717) is 5.82 Å². The fourth-order valence-corrected chi connectivity index (χ4v) is 9.12. The predicted octanol–water partition coefficient (Wildman–Crippen LogP) is 12.0. The third-order valence-electron chi connectivity index (χ3n) is 10.1. The summed E-state index contributed by atoms with van der Waals surface area (Å²) < 4.78 is 4.92. The average Bonchev–Trinajstić information content (AvgIpc) is 3.78. The van der Waals surface area contributed by atoms with Gasteiger partial charge in [0.2, 0.25) is 0 Å². The summed E-state index contributed by atoms with van der Waals surface area (Å²) in [5, 5.41) is 9.72. The van der Waals surface area contributed by atoms with Crippen molar-refractivity contribution in [1.29, 1.82) is 0 Å². The first-order chi connectivity index (χ1) is 25.8. The van der Waals surface area contributed by atoms with E-state index in [1.54, 1.807) is 12.4 Å². The molecule has 11 rings (SSSR count). The second-order valence-electron chi connectivity index (χ2n) is 13.0. The van der Waals surface area contributed by atoms with Gasteiger partial charge in [0.25, 0.3) is 0 Å². The molecule has 0 aliphatic heterocycles. The summed E-state index contributed by atoms with van der Waals surface area (Å²) in [5.74, 6) is 1.41. The smallest absolute Gasteiger partial charge is 0.159 e.